The molecule has 1 fully saturated rings. The molecule has 3 heterocycles. The Bertz CT molecular complexity index is 1260. The first kappa shape index (κ1) is 23.0. The van der Waals surface area contributed by atoms with E-state index in [0.29, 0.717) is 46.7 Å². The topological polar surface area (TPSA) is 98.9 Å². The Morgan fingerprint density at radius 3 is 2.82 bits per heavy atom. The monoisotopic (exact) mass is 470 g/mol. The van der Waals surface area contributed by atoms with E-state index >= 15 is 0 Å². The van der Waals surface area contributed by atoms with E-state index in [9.17, 15) is 14.4 Å². The van der Waals surface area contributed by atoms with Gasteiger partial charge in [-0.3, -0.25) is 9.59 Å². The average molecular weight is 471 g/mol. The highest BCUT2D eigenvalue weighted by atomic mass is 32.1. The molecule has 1 aromatic carbocycles. The number of thiazole rings is 1. The van der Waals surface area contributed by atoms with Gasteiger partial charge in [-0.15, -0.1) is 11.3 Å². The number of carbonyl (C=O) groups excluding carboxylic acids is 2. The molecule has 3 aromatic rings. The lowest BCUT2D eigenvalue weighted by Gasteiger charge is -2.26. The lowest BCUT2D eigenvalue weighted by Crippen LogP contribution is -2.46. The van der Waals surface area contributed by atoms with Crippen molar-refractivity contribution in [1.29, 1.82) is 0 Å². The van der Waals surface area contributed by atoms with Crippen LogP contribution in [-0.4, -0.2) is 47.6 Å². The lowest BCUT2D eigenvalue weighted by atomic mass is 10.1. The fourth-order valence-corrected chi connectivity index (χ4v) is 4.90. The zero-order valence-electron chi connectivity index (χ0n) is 19.0. The Morgan fingerprint density at radius 2 is 2.15 bits per heavy atom. The number of nitrogens with zero attached hydrogens (tertiary/aromatic N) is 2. The van der Waals surface area contributed by atoms with Gasteiger partial charge in [-0.25, -0.2) is 9.78 Å². The predicted octanol–water partition coefficient (Wildman–Crippen LogP) is 3.72. The second-order valence-corrected chi connectivity index (χ2v) is 8.91. The summed E-state index contributed by atoms with van der Waals surface area (Å²) < 4.78 is 16.6. The van der Waals surface area contributed by atoms with Gasteiger partial charge < -0.3 is 18.8 Å². The second-order valence-electron chi connectivity index (χ2n) is 8.06. The first-order valence-corrected chi connectivity index (χ1v) is 11.8. The molecule has 1 saturated heterocycles. The van der Waals surface area contributed by atoms with Crippen molar-refractivity contribution in [3.63, 3.8) is 0 Å². The summed E-state index contributed by atoms with van der Waals surface area (Å²) in [4.78, 5) is 44.1. The summed E-state index contributed by atoms with van der Waals surface area (Å²) in [7, 11) is 1.32. The van der Waals surface area contributed by atoms with Crippen LogP contribution < -0.4 is 10.2 Å². The van der Waals surface area contributed by atoms with Gasteiger partial charge in [0, 0.05) is 23.7 Å². The Balaban J connectivity index is 1.63. The van der Waals surface area contributed by atoms with E-state index in [2.05, 4.69) is 4.98 Å². The number of carbonyl (C=O) groups is 2. The van der Waals surface area contributed by atoms with Crippen molar-refractivity contribution in [3.8, 4) is 16.3 Å². The van der Waals surface area contributed by atoms with Crippen molar-refractivity contribution >= 4 is 34.2 Å². The summed E-state index contributed by atoms with van der Waals surface area (Å²) >= 11 is 1.39. The molecule has 4 rings (SSSR count). The first-order valence-electron chi connectivity index (χ1n) is 10.9. The Labute approximate surface area is 195 Å². The molecule has 0 aliphatic carbocycles. The molecule has 0 radical (unpaired) electrons. The smallest absolute Gasteiger partial charge is 0.328 e. The van der Waals surface area contributed by atoms with Crippen LogP contribution in [0.4, 0.5) is 0 Å². The number of amides is 1. The molecule has 8 nitrogen and oxygen atoms in total. The quantitative estimate of drug-likeness (QED) is 0.506. The van der Waals surface area contributed by atoms with Crippen LogP contribution in [-0.2, 0) is 20.7 Å². The molecule has 2 aromatic heterocycles. The van der Waals surface area contributed by atoms with Crippen LogP contribution in [0.25, 0.3) is 21.5 Å². The summed E-state index contributed by atoms with van der Waals surface area (Å²) in [6, 6.07) is 2.82. The molecule has 1 unspecified atom stereocenters. The number of methoxy groups -OCH3 is 1. The number of benzene rings is 1. The number of rotatable bonds is 6. The minimum Gasteiger partial charge on any atom is -0.480 e. The standard InChI is InChI=1S/C24H26N2O6S/c1-5-15-9-16-20(31-11-17(21(16)27)22-25-13(2)12-33-22)10-19(15)32-14(3)23(28)26-8-6-7-18(26)24(29)30-4/h9-12,14,18H,5-8H2,1-4H3/t14?,18-/m1/s1. The summed E-state index contributed by atoms with van der Waals surface area (Å²) in [5.41, 5.74) is 2.26. The van der Waals surface area contributed by atoms with Gasteiger partial charge in [-0.05, 0) is 44.7 Å². The number of hydrogen-bond acceptors (Lipinski definition) is 8. The number of aromatic nitrogens is 1. The van der Waals surface area contributed by atoms with Crippen molar-refractivity contribution < 1.29 is 23.5 Å². The highest BCUT2D eigenvalue weighted by Crippen LogP contribution is 2.30. The molecule has 2 atom stereocenters. The first-order chi connectivity index (χ1) is 15.8. The van der Waals surface area contributed by atoms with E-state index in [1.54, 1.807) is 19.1 Å². The molecule has 9 heteroatoms. The van der Waals surface area contributed by atoms with Crippen LogP contribution >= 0.6 is 11.3 Å². The van der Waals surface area contributed by atoms with Gasteiger partial charge in [0.1, 0.15) is 28.6 Å². The maximum absolute atomic E-state index is 13.1. The van der Waals surface area contributed by atoms with E-state index in [1.807, 2.05) is 19.2 Å². The minimum atomic E-state index is -0.817. The molecule has 0 spiro atoms. The van der Waals surface area contributed by atoms with Gasteiger partial charge in [-0.2, -0.15) is 0 Å². The molecule has 1 aliphatic rings. The largest absolute Gasteiger partial charge is 0.480 e. The number of ether oxygens (including phenoxy) is 2. The normalized spacial score (nSPS) is 16.7. The highest BCUT2D eigenvalue weighted by molar-refractivity contribution is 7.13. The van der Waals surface area contributed by atoms with Crippen molar-refractivity contribution in [1.82, 2.24) is 9.88 Å². The van der Waals surface area contributed by atoms with E-state index in [0.717, 1.165) is 17.7 Å². The molecule has 174 valence electrons. The van der Waals surface area contributed by atoms with Crippen LogP contribution in [0, 0.1) is 6.92 Å². The average Bonchev–Trinajstić information content (AvgIpc) is 3.47. The van der Waals surface area contributed by atoms with E-state index in [1.165, 1.54) is 29.6 Å². The van der Waals surface area contributed by atoms with Gasteiger partial charge in [0.2, 0.25) is 5.43 Å². The molecular weight excluding hydrogens is 444 g/mol. The summed E-state index contributed by atoms with van der Waals surface area (Å²) in [6.45, 7) is 5.96. The van der Waals surface area contributed by atoms with Crippen molar-refractivity contribution in [2.24, 2.45) is 0 Å². The van der Waals surface area contributed by atoms with Crippen molar-refractivity contribution in [3.05, 3.63) is 45.3 Å². The molecule has 1 amide bonds. The minimum absolute atomic E-state index is 0.158. The fraction of sp³-hybridized carbons (Fsp3) is 0.417. The molecule has 0 N–H and O–H groups in total. The van der Waals surface area contributed by atoms with Crippen LogP contribution in [0.3, 0.4) is 0 Å². The Kier molecular flexibility index (Phi) is 6.51. The SMILES string of the molecule is CCc1cc2c(=O)c(-c3nc(C)cs3)coc2cc1OC(C)C(=O)N1CCC[C@@H]1C(=O)OC. The van der Waals surface area contributed by atoms with Crippen molar-refractivity contribution in [2.75, 3.05) is 13.7 Å². The van der Waals surface area contributed by atoms with Crippen molar-refractivity contribution in [2.45, 2.75) is 52.2 Å². The summed E-state index contributed by atoms with van der Waals surface area (Å²) in [6.07, 6.45) is 2.51. The van der Waals surface area contributed by atoms with Gasteiger partial charge in [0.25, 0.3) is 5.91 Å². The zero-order valence-corrected chi connectivity index (χ0v) is 19.9. The molecule has 33 heavy (non-hydrogen) atoms. The second kappa shape index (κ2) is 9.35. The number of likely N-dealkylation sites (tertiary alicyclic amines) is 1. The number of fused-ring (bicyclic) bond motifs is 1. The van der Waals surface area contributed by atoms with Crippen LogP contribution in [0.15, 0.2) is 33.0 Å². The van der Waals surface area contributed by atoms with E-state index in [-0.39, 0.29) is 11.3 Å². The summed E-state index contributed by atoms with van der Waals surface area (Å²) in [5, 5.41) is 2.94. The zero-order chi connectivity index (χ0) is 23.7. The molecule has 0 saturated carbocycles. The van der Waals surface area contributed by atoms with Gasteiger partial charge in [0.15, 0.2) is 6.10 Å². The third-order valence-corrected chi connectivity index (χ3v) is 6.84. The van der Waals surface area contributed by atoms with Gasteiger partial charge >= 0.3 is 5.97 Å². The lowest BCUT2D eigenvalue weighted by molar-refractivity contribution is -0.153. The van der Waals surface area contributed by atoms with Crippen LogP contribution in [0.2, 0.25) is 0 Å². The number of aryl methyl sites for hydroxylation is 2. The summed E-state index contributed by atoms with van der Waals surface area (Å²) in [5.74, 6) is -0.220. The Morgan fingerprint density at radius 1 is 1.36 bits per heavy atom. The van der Waals surface area contributed by atoms with E-state index in [4.69, 9.17) is 13.9 Å². The number of esters is 1. The van der Waals surface area contributed by atoms with Crippen LogP contribution in [0.1, 0.15) is 37.9 Å². The van der Waals surface area contributed by atoms with Gasteiger partial charge in [-0.1, -0.05) is 6.92 Å². The molecule has 1 aliphatic heterocycles. The maximum atomic E-state index is 13.1. The fourth-order valence-electron chi connectivity index (χ4n) is 4.10. The maximum Gasteiger partial charge on any atom is 0.328 e. The van der Waals surface area contributed by atoms with Crippen LogP contribution in [0.5, 0.6) is 5.75 Å². The van der Waals surface area contributed by atoms with Gasteiger partial charge in [0.05, 0.1) is 18.1 Å². The molecular formula is C24H26N2O6S. The third-order valence-electron chi connectivity index (χ3n) is 5.85. The Hall–Kier alpha value is -3.20. The number of hydrogen-bond donors (Lipinski definition) is 0. The van der Waals surface area contributed by atoms with E-state index < -0.39 is 18.1 Å². The molecule has 0 bridgehead atoms. The highest BCUT2D eigenvalue weighted by Gasteiger charge is 2.37. The third kappa shape index (κ3) is 4.37. The predicted molar refractivity (Wildman–Crippen MR) is 125 cm³/mol.